The van der Waals surface area contributed by atoms with Gasteiger partial charge in [-0.15, -0.1) is 0 Å². The molecular formula is C13H26N2O. The molecule has 1 heterocycles. The molecule has 3 unspecified atom stereocenters. The first-order valence-corrected chi connectivity index (χ1v) is 6.80. The van der Waals surface area contributed by atoms with Gasteiger partial charge in [0.1, 0.15) is 0 Å². The third-order valence-corrected chi connectivity index (χ3v) is 4.02. The van der Waals surface area contributed by atoms with Crippen LogP contribution in [-0.4, -0.2) is 47.8 Å². The van der Waals surface area contributed by atoms with Crippen molar-refractivity contribution in [3.05, 3.63) is 0 Å². The number of hydrogen-bond acceptors (Lipinski definition) is 3. The highest BCUT2D eigenvalue weighted by Crippen LogP contribution is 2.33. The van der Waals surface area contributed by atoms with Crippen molar-refractivity contribution in [3.8, 4) is 0 Å². The van der Waals surface area contributed by atoms with E-state index in [0.717, 1.165) is 25.0 Å². The van der Waals surface area contributed by atoms with Crippen LogP contribution >= 0.6 is 0 Å². The van der Waals surface area contributed by atoms with E-state index in [2.05, 4.69) is 24.1 Å². The molecule has 0 aromatic carbocycles. The number of nitrogens with zero attached hydrogens (tertiary/aromatic N) is 1. The summed E-state index contributed by atoms with van der Waals surface area (Å²) in [5.41, 5.74) is 0. The second kappa shape index (κ2) is 5.48. The Morgan fingerprint density at radius 2 is 2.19 bits per heavy atom. The minimum atomic E-state index is 0.318. The third-order valence-electron chi connectivity index (χ3n) is 4.02. The van der Waals surface area contributed by atoms with E-state index in [1.54, 1.807) is 0 Å². The molecule has 2 N–H and O–H groups in total. The van der Waals surface area contributed by atoms with E-state index in [1.807, 2.05) is 0 Å². The molecule has 16 heavy (non-hydrogen) atoms. The summed E-state index contributed by atoms with van der Waals surface area (Å²) in [4.78, 5) is 2.67. The van der Waals surface area contributed by atoms with Crippen LogP contribution in [0.15, 0.2) is 0 Å². The number of nitrogens with one attached hydrogen (secondary N) is 1. The molecular weight excluding hydrogens is 200 g/mol. The number of aliphatic hydroxyl groups is 1. The van der Waals surface area contributed by atoms with Crippen LogP contribution in [0.25, 0.3) is 0 Å². The zero-order chi connectivity index (χ0) is 11.5. The fourth-order valence-corrected chi connectivity index (χ4v) is 2.81. The summed E-state index contributed by atoms with van der Waals surface area (Å²) in [6.45, 7) is 7.17. The van der Waals surface area contributed by atoms with Gasteiger partial charge < -0.3 is 10.4 Å². The van der Waals surface area contributed by atoms with Crippen molar-refractivity contribution in [2.24, 2.45) is 5.92 Å². The molecule has 0 bridgehead atoms. The first-order chi connectivity index (χ1) is 7.70. The maximum atomic E-state index is 8.86. The Balaban J connectivity index is 1.67. The largest absolute Gasteiger partial charge is 0.396 e. The molecule has 3 nitrogen and oxygen atoms in total. The minimum Gasteiger partial charge on any atom is -0.396 e. The summed E-state index contributed by atoms with van der Waals surface area (Å²) >= 11 is 0. The lowest BCUT2D eigenvalue weighted by Gasteiger charge is -2.20. The van der Waals surface area contributed by atoms with Crippen LogP contribution in [-0.2, 0) is 0 Å². The summed E-state index contributed by atoms with van der Waals surface area (Å²) in [5.74, 6) is 0.593. The van der Waals surface area contributed by atoms with Crippen LogP contribution in [0.4, 0.5) is 0 Å². The van der Waals surface area contributed by atoms with Crippen LogP contribution in [0, 0.1) is 5.92 Å². The number of hydrogen-bond donors (Lipinski definition) is 2. The first-order valence-electron chi connectivity index (χ1n) is 6.80. The lowest BCUT2D eigenvalue weighted by Crippen LogP contribution is -2.36. The average molecular weight is 226 g/mol. The molecule has 2 aliphatic rings. The third kappa shape index (κ3) is 3.19. The molecule has 94 valence electrons. The van der Waals surface area contributed by atoms with Gasteiger partial charge >= 0.3 is 0 Å². The standard InChI is InChI=1S/C13H26N2O/c1-10(5-6-16)8-14-12-7-11(2)15(9-12)13-3-4-13/h10-14,16H,3-9H2,1-2H3. The fraction of sp³-hybridized carbons (Fsp3) is 1.00. The smallest absolute Gasteiger partial charge is 0.0434 e. The molecule has 1 aliphatic carbocycles. The first kappa shape index (κ1) is 12.3. The van der Waals surface area contributed by atoms with Crippen LogP contribution in [0.2, 0.25) is 0 Å². The normalized spacial score (nSPS) is 33.2. The Bertz CT molecular complexity index is 218. The lowest BCUT2D eigenvalue weighted by atomic mass is 10.1. The molecule has 2 rings (SSSR count). The molecule has 3 atom stereocenters. The summed E-state index contributed by atoms with van der Waals surface area (Å²) < 4.78 is 0. The van der Waals surface area contributed by atoms with E-state index >= 15 is 0 Å². The zero-order valence-corrected chi connectivity index (χ0v) is 10.7. The van der Waals surface area contributed by atoms with Crippen molar-refractivity contribution in [3.63, 3.8) is 0 Å². The molecule has 1 saturated carbocycles. The van der Waals surface area contributed by atoms with Crippen LogP contribution in [0.1, 0.15) is 39.5 Å². The molecule has 2 fully saturated rings. The molecule has 1 aliphatic heterocycles. The van der Waals surface area contributed by atoms with Crippen molar-refractivity contribution < 1.29 is 5.11 Å². The van der Waals surface area contributed by atoms with E-state index in [-0.39, 0.29) is 0 Å². The predicted octanol–water partition coefficient (Wildman–Crippen LogP) is 1.22. The van der Waals surface area contributed by atoms with Gasteiger partial charge in [-0.2, -0.15) is 0 Å². The summed E-state index contributed by atoms with van der Waals surface area (Å²) in [7, 11) is 0. The number of rotatable bonds is 6. The van der Waals surface area contributed by atoms with E-state index in [9.17, 15) is 0 Å². The molecule has 1 saturated heterocycles. The van der Waals surface area contributed by atoms with Gasteiger partial charge in [0.05, 0.1) is 0 Å². The van der Waals surface area contributed by atoms with Gasteiger partial charge in [0.25, 0.3) is 0 Å². The lowest BCUT2D eigenvalue weighted by molar-refractivity contribution is 0.249. The van der Waals surface area contributed by atoms with Crippen molar-refractivity contribution in [1.29, 1.82) is 0 Å². The Morgan fingerprint density at radius 3 is 2.81 bits per heavy atom. The summed E-state index contributed by atoms with van der Waals surface area (Å²) in [6.07, 6.45) is 5.04. The fourth-order valence-electron chi connectivity index (χ4n) is 2.81. The Kier molecular flexibility index (Phi) is 4.22. The van der Waals surface area contributed by atoms with Gasteiger partial charge in [-0.3, -0.25) is 4.90 Å². The molecule has 3 heteroatoms. The highest BCUT2D eigenvalue weighted by atomic mass is 16.3. The molecule has 0 aromatic rings. The highest BCUT2D eigenvalue weighted by Gasteiger charge is 2.38. The van der Waals surface area contributed by atoms with Crippen molar-refractivity contribution in [1.82, 2.24) is 10.2 Å². The summed E-state index contributed by atoms with van der Waals surface area (Å²) in [5, 5.41) is 12.5. The monoisotopic (exact) mass is 226 g/mol. The van der Waals surface area contributed by atoms with E-state index in [0.29, 0.717) is 18.6 Å². The second-order valence-electron chi connectivity index (χ2n) is 5.74. The van der Waals surface area contributed by atoms with Gasteiger partial charge in [0.2, 0.25) is 0 Å². The number of aliphatic hydroxyl groups excluding tert-OH is 1. The Morgan fingerprint density at radius 1 is 1.44 bits per heavy atom. The molecule has 0 spiro atoms. The Hall–Kier alpha value is -0.120. The maximum absolute atomic E-state index is 8.86. The topological polar surface area (TPSA) is 35.5 Å². The van der Waals surface area contributed by atoms with Gasteiger partial charge in [-0.05, 0) is 45.1 Å². The van der Waals surface area contributed by atoms with Crippen molar-refractivity contribution >= 4 is 0 Å². The van der Waals surface area contributed by atoms with Crippen LogP contribution in [0.5, 0.6) is 0 Å². The van der Waals surface area contributed by atoms with Gasteiger partial charge in [-0.25, -0.2) is 0 Å². The molecule has 0 amide bonds. The maximum Gasteiger partial charge on any atom is 0.0434 e. The molecule has 0 radical (unpaired) electrons. The Labute approximate surface area is 99.2 Å². The van der Waals surface area contributed by atoms with Gasteiger partial charge in [-0.1, -0.05) is 6.92 Å². The zero-order valence-electron chi connectivity index (χ0n) is 10.7. The number of likely N-dealkylation sites (tertiary alicyclic amines) is 1. The van der Waals surface area contributed by atoms with Gasteiger partial charge in [0, 0.05) is 31.3 Å². The average Bonchev–Trinajstić information content (AvgIpc) is 3.01. The minimum absolute atomic E-state index is 0.318. The van der Waals surface area contributed by atoms with E-state index < -0.39 is 0 Å². The van der Waals surface area contributed by atoms with Gasteiger partial charge in [0.15, 0.2) is 0 Å². The highest BCUT2D eigenvalue weighted by molar-refractivity contribution is 4.95. The van der Waals surface area contributed by atoms with Crippen molar-refractivity contribution in [2.75, 3.05) is 19.7 Å². The molecule has 0 aromatic heterocycles. The second-order valence-corrected chi connectivity index (χ2v) is 5.74. The van der Waals surface area contributed by atoms with E-state index in [4.69, 9.17) is 5.11 Å². The predicted molar refractivity (Wildman–Crippen MR) is 66.5 cm³/mol. The van der Waals surface area contributed by atoms with Crippen LogP contribution in [0.3, 0.4) is 0 Å². The summed E-state index contributed by atoms with van der Waals surface area (Å²) in [6, 6.07) is 2.34. The van der Waals surface area contributed by atoms with Crippen LogP contribution < -0.4 is 5.32 Å². The van der Waals surface area contributed by atoms with E-state index in [1.165, 1.54) is 25.8 Å². The quantitative estimate of drug-likeness (QED) is 0.715. The van der Waals surface area contributed by atoms with Crippen molar-refractivity contribution in [2.45, 2.75) is 57.7 Å². The SMILES string of the molecule is CC(CCO)CNC1CC(C)N(C2CC2)C1.